The first kappa shape index (κ1) is 20.0. The summed E-state index contributed by atoms with van der Waals surface area (Å²) in [6, 6.07) is 14.2. The maximum absolute atomic E-state index is 13.6. The maximum Gasteiger partial charge on any atom is 0.185 e. The van der Waals surface area contributed by atoms with Crippen molar-refractivity contribution in [2.24, 2.45) is 0 Å². The average molecular weight is 431 g/mol. The zero-order valence-electron chi connectivity index (χ0n) is 16.2. The highest BCUT2D eigenvalue weighted by Gasteiger charge is 2.33. The Hall–Kier alpha value is -2.25. The predicted octanol–water partition coefficient (Wildman–Crippen LogP) is 4.62. The molecule has 1 aliphatic heterocycles. The molecular weight excluding hydrogens is 407 g/mol. The van der Waals surface area contributed by atoms with Crippen molar-refractivity contribution in [1.82, 2.24) is 4.98 Å². The van der Waals surface area contributed by atoms with E-state index in [1.165, 1.54) is 17.7 Å². The van der Waals surface area contributed by atoms with Crippen LogP contribution in [-0.4, -0.2) is 31.7 Å². The average Bonchev–Trinajstić information content (AvgIpc) is 3.19. The molecule has 2 aromatic carbocycles. The Morgan fingerprint density at radius 2 is 1.86 bits per heavy atom. The third kappa shape index (κ3) is 4.36. The summed E-state index contributed by atoms with van der Waals surface area (Å²) in [6.45, 7) is 2.98. The van der Waals surface area contributed by atoms with Crippen molar-refractivity contribution in [3.05, 3.63) is 76.5 Å². The number of benzene rings is 2. The zero-order chi connectivity index (χ0) is 20.4. The summed E-state index contributed by atoms with van der Waals surface area (Å²) in [7, 11) is -3.54. The minimum Gasteiger partial charge on any atom is -0.348 e. The number of nitrogens with zero attached hydrogens (tertiary/aromatic N) is 2. The van der Waals surface area contributed by atoms with Crippen LogP contribution in [0.1, 0.15) is 29.7 Å². The van der Waals surface area contributed by atoms with Crippen molar-refractivity contribution in [1.29, 1.82) is 0 Å². The molecule has 1 aromatic heterocycles. The molecule has 152 valence electrons. The number of aryl methyl sites for hydroxylation is 1. The molecule has 0 saturated carbocycles. The van der Waals surface area contributed by atoms with E-state index in [9.17, 15) is 12.8 Å². The Labute approximate surface area is 175 Å². The van der Waals surface area contributed by atoms with Gasteiger partial charge in [0.2, 0.25) is 0 Å². The molecule has 7 heteroatoms. The first-order valence-electron chi connectivity index (χ1n) is 9.67. The van der Waals surface area contributed by atoms with E-state index in [2.05, 4.69) is 22.4 Å². The lowest BCUT2D eigenvalue weighted by molar-refractivity contribution is 0.527. The molecule has 4 rings (SSSR count). The van der Waals surface area contributed by atoms with Gasteiger partial charge in [-0.05, 0) is 43.0 Å². The molecular formula is C22H23FN2O2S2. The van der Waals surface area contributed by atoms with Gasteiger partial charge in [-0.25, -0.2) is 17.8 Å². The summed E-state index contributed by atoms with van der Waals surface area (Å²) in [5.74, 6) is -0.514. The SMILES string of the molecule is Cc1ccc(F)cc1S(=O)(=O)C1CCN(c2nc(Cc3ccccc3)cs2)CC1. The molecule has 0 atom stereocenters. The number of rotatable bonds is 5. The molecule has 0 amide bonds. The van der Waals surface area contributed by atoms with Gasteiger partial charge < -0.3 is 4.90 Å². The number of thiazole rings is 1. The maximum atomic E-state index is 13.6. The van der Waals surface area contributed by atoms with Crippen LogP contribution in [0, 0.1) is 12.7 Å². The van der Waals surface area contributed by atoms with Crippen LogP contribution in [0.15, 0.2) is 58.8 Å². The van der Waals surface area contributed by atoms with Crippen molar-refractivity contribution in [3.8, 4) is 0 Å². The number of hydrogen-bond acceptors (Lipinski definition) is 5. The van der Waals surface area contributed by atoms with Gasteiger partial charge in [0.15, 0.2) is 15.0 Å². The van der Waals surface area contributed by atoms with Crippen LogP contribution >= 0.6 is 11.3 Å². The highest BCUT2D eigenvalue weighted by atomic mass is 32.2. The molecule has 0 N–H and O–H groups in total. The van der Waals surface area contributed by atoms with E-state index in [1.54, 1.807) is 18.3 Å². The third-order valence-electron chi connectivity index (χ3n) is 5.38. The standard InChI is InChI=1S/C22H23FN2O2S2/c1-16-7-8-18(23)14-21(16)29(26,27)20-9-11-25(12-10-20)22-24-19(15-28-22)13-17-5-3-2-4-6-17/h2-8,14-15,20H,9-13H2,1H3. The largest absolute Gasteiger partial charge is 0.348 e. The Kier molecular flexibility index (Phi) is 5.69. The first-order chi connectivity index (χ1) is 13.9. The van der Waals surface area contributed by atoms with Crippen molar-refractivity contribution in [2.75, 3.05) is 18.0 Å². The van der Waals surface area contributed by atoms with Gasteiger partial charge in [-0.2, -0.15) is 0 Å². The van der Waals surface area contributed by atoms with E-state index in [4.69, 9.17) is 4.98 Å². The van der Waals surface area contributed by atoms with E-state index >= 15 is 0 Å². The van der Waals surface area contributed by atoms with E-state index in [0.717, 1.165) is 23.3 Å². The molecule has 1 fully saturated rings. The highest BCUT2D eigenvalue weighted by Crippen LogP contribution is 2.30. The smallest absolute Gasteiger partial charge is 0.185 e. The summed E-state index contributed by atoms with van der Waals surface area (Å²) in [4.78, 5) is 7.02. The van der Waals surface area contributed by atoms with Crippen molar-refractivity contribution < 1.29 is 12.8 Å². The van der Waals surface area contributed by atoms with Gasteiger partial charge in [-0.1, -0.05) is 36.4 Å². The fourth-order valence-electron chi connectivity index (χ4n) is 3.75. The number of hydrogen-bond donors (Lipinski definition) is 0. The molecule has 4 nitrogen and oxygen atoms in total. The fraction of sp³-hybridized carbons (Fsp3) is 0.318. The topological polar surface area (TPSA) is 50.3 Å². The molecule has 0 aliphatic carbocycles. The van der Waals surface area contributed by atoms with E-state index in [-0.39, 0.29) is 4.90 Å². The number of aromatic nitrogens is 1. The minimum absolute atomic E-state index is 0.121. The van der Waals surface area contributed by atoms with Gasteiger partial charge in [0.1, 0.15) is 5.82 Å². The Morgan fingerprint density at radius 3 is 2.59 bits per heavy atom. The van der Waals surface area contributed by atoms with Gasteiger partial charge in [0.05, 0.1) is 15.8 Å². The van der Waals surface area contributed by atoms with Crippen molar-refractivity contribution >= 4 is 26.3 Å². The molecule has 1 saturated heterocycles. The van der Waals surface area contributed by atoms with Gasteiger partial charge in [-0.3, -0.25) is 0 Å². The zero-order valence-corrected chi connectivity index (χ0v) is 17.8. The summed E-state index contributed by atoms with van der Waals surface area (Å²) >= 11 is 1.60. The predicted molar refractivity (Wildman–Crippen MR) is 115 cm³/mol. The molecule has 2 heterocycles. The van der Waals surface area contributed by atoms with Crippen LogP contribution in [0.25, 0.3) is 0 Å². The van der Waals surface area contributed by atoms with E-state index < -0.39 is 20.9 Å². The monoisotopic (exact) mass is 430 g/mol. The van der Waals surface area contributed by atoms with E-state index in [0.29, 0.717) is 31.5 Å². The lowest BCUT2D eigenvalue weighted by Gasteiger charge is -2.31. The number of sulfone groups is 1. The van der Waals surface area contributed by atoms with Crippen molar-refractivity contribution in [3.63, 3.8) is 0 Å². The van der Waals surface area contributed by atoms with Crippen LogP contribution in [0.3, 0.4) is 0 Å². The molecule has 0 spiro atoms. The second-order valence-corrected chi connectivity index (χ2v) is 10.5. The molecule has 0 radical (unpaired) electrons. The Balaban J connectivity index is 1.42. The molecule has 0 bridgehead atoms. The highest BCUT2D eigenvalue weighted by molar-refractivity contribution is 7.92. The second kappa shape index (κ2) is 8.24. The minimum atomic E-state index is -3.54. The fourth-order valence-corrected chi connectivity index (χ4v) is 6.61. The molecule has 3 aromatic rings. The second-order valence-electron chi connectivity index (χ2n) is 7.43. The molecule has 0 unspecified atom stereocenters. The van der Waals surface area contributed by atoms with Gasteiger partial charge >= 0.3 is 0 Å². The van der Waals surface area contributed by atoms with Gasteiger partial charge in [0.25, 0.3) is 0 Å². The lowest BCUT2D eigenvalue weighted by Crippen LogP contribution is -2.39. The number of piperidine rings is 1. The molecule has 29 heavy (non-hydrogen) atoms. The van der Waals surface area contributed by atoms with Gasteiger partial charge in [0, 0.05) is 24.9 Å². The van der Waals surface area contributed by atoms with Crippen LogP contribution in [0.4, 0.5) is 9.52 Å². The number of halogens is 1. The summed E-state index contributed by atoms with van der Waals surface area (Å²) < 4.78 is 39.6. The van der Waals surface area contributed by atoms with E-state index in [1.807, 2.05) is 18.2 Å². The van der Waals surface area contributed by atoms with Gasteiger partial charge in [-0.15, -0.1) is 11.3 Å². The molecule has 1 aliphatic rings. The lowest BCUT2D eigenvalue weighted by atomic mass is 10.1. The quantitative estimate of drug-likeness (QED) is 0.592. The summed E-state index contributed by atoms with van der Waals surface area (Å²) in [6.07, 6.45) is 1.83. The van der Waals surface area contributed by atoms with Crippen LogP contribution in [0.2, 0.25) is 0 Å². The van der Waals surface area contributed by atoms with Crippen LogP contribution in [0.5, 0.6) is 0 Å². The van der Waals surface area contributed by atoms with Crippen molar-refractivity contribution in [2.45, 2.75) is 36.3 Å². The third-order valence-corrected chi connectivity index (χ3v) is 8.73. The number of anilines is 1. The normalized spacial score (nSPS) is 15.6. The summed E-state index contributed by atoms with van der Waals surface area (Å²) in [5, 5.41) is 2.53. The summed E-state index contributed by atoms with van der Waals surface area (Å²) in [5.41, 5.74) is 2.85. The Bertz CT molecular complexity index is 1090. The Morgan fingerprint density at radius 1 is 1.14 bits per heavy atom. The first-order valence-corrected chi connectivity index (χ1v) is 12.1. The van der Waals surface area contributed by atoms with Crippen LogP contribution < -0.4 is 4.90 Å². The van der Waals surface area contributed by atoms with Crippen LogP contribution in [-0.2, 0) is 16.3 Å².